The SMILES string of the molecule is Cc1ccc(-n2nc(C)c(N=C=O)c2C)cc1. The summed E-state index contributed by atoms with van der Waals surface area (Å²) < 4.78 is 1.78. The lowest BCUT2D eigenvalue weighted by Gasteiger charge is -2.04. The molecule has 1 aromatic carbocycles. The second-order valence-corrected chi connectivity index (χ2v) is 3.97. The number of carbonyl (C=O) groups excluding carboxylic acids is 1. The summed E-state index contributed by atoms with van der Waals surface area (Å²) in [5, 5.41) is 4.37. The molecule has 0 N–H and O–H groups in total. The molecule has 0 aliphatic rings. The normalized spacial score (nSPS) is 10.1. The van der Waals surface area contributed by atoms with Crippen molar-refractivity contribution in [1.29, 1.82) is 0 Å². The largest absolute Gasteiger partial charge is 0.240 e. The van der Waals surface area contributed by atoms with Crippen molar-refractivity contribution in [3.05, 3.63) is 41.2 Å². The third kappa shape index (κ3) is 2.03. The van der Waals surface area contributed by atoms with Crippen LogP contribution in [0.5, 0.6) is 0 Å². The van der Waals surface area contributed by atoms with Gasteiger partial charge < -0.3 is 0 Å². The van der Waals surface area contributed by atoms with Crippen LogP contribution in [0.4, 0.5) is 5.69 Å². The summed E-state index contributed by atoms with van der Waals surface area (Å²) in [6.07, 6.45) is 1.56. The molecule has 0 bridgehead atoms. The van der Waals surface area contributed by atoms with Gasteiger partial charge in [-0.15, -0.1) is 0 Å². The number of hydrogen-bond donors (Lipinski definition) is 0. The molecular formula is C13H13N3O. The standard InChI is InChI=1S/C13H13N3O/c1-9-4-6-12(7-5-9)16-11(3)13(14-8-17)10(2)15-16/h4-7H,1-3H3. The van der Waals surface area contributed by atoms with Crippen molar-refractivity contribution in [3.8, 4) is 5.69 Å². The van der Waals surface area contributed by atoms with Gasteiger partial charge in [-0.1, -0.05) is 17.7 Å². The Morgan fingerprint density at radius 1 is 1.18 bits per heavy atom. The summed E-state index contributed by atoms with van der Waals surface area (Å²) in [6, 6.07) is 8.02. The number of aliphatic imine (C=N–C) groups is 1. The lowest BCUT2D eigenvalue weighted by Crippen LogP contribution is -1.98. The minimum Gasteiger partial charge on any atom is -0.236 e. The van der Waals surface area contributed by atoms with Crippen molar-refractivity contribution >= 4 is 11.8 Å². The lowest BCUT2D eigenvalue weighted by atomic mass is 10.2. The van der Waals surface area contributed by atoms with E-state index in [0.717, 1.165) is 17.1 Å². The fourth-order valence-electron chi connectivity index (χ4n) is 1.78. The average Bonchev–Trinajstić information content (AvgIpc) is 2.59. The molecule has 0 aliphatic carbocycles. The third-order valence-electron chi connectivity index (χ3n) is 2.69. The predicted molar refractivity (Wildman–Crippen MR) is 65.6 cm³/mol. The Morgan fingerprint density at radius 3 is 2.41 bits per heavy atom. The van der Waals surface area contributed by atoms with E-state index in [1.165, 1.54) is 5.56 Å². The third-order valence-corrected chi connectivity index (χ3v) is 2.69. The van der Waals surface area contributed by atoms with Crippen molar-refractivity contribution in [1.82, 2.24) is 9.78 Å². The average molecular weight is 227 g/mol. The quantitative estimate of drug-likeness (QED) is 0.585. The first-order chi connectivity index (χ1) is 8.13. The second-order valence-electron chi connectivity index (χ2n) is 3.97. The van der Waals surface area contributed by atoms with Gasteiger partial charge >= 0.3 is 0 Å². The van der Waals surface area contributed by atoms with Gasteiger partial charge in [0.1, 0.15) is 5.69 Å². The van der Waals surface area contributed by atoms with Crippen LogP contribution in [0.25, 0.3) is 5.69 Å². The monoisotopic (exact) mass is 227 g/mol. The van der Waals surface area contributed by atoms with Crippen LogP contribution in [0.3, 0.4) is 0 Å². The van der Waals surface area contributed by atoms with Crippen LogP contribution in [0, 0.1) is 20.8 Å². The summed E-state index contributed by atoms with van der Waals surface area (Å²) in [7, 11) is 0. The minimum atomic E-state index is 0.598. The first-order valence-electron chi connectivity index (χ1n) is 5.34. The van der Waals surface area contributed by atoms with Crippen LogP contribution in [-0.4, -0.2) is 15.9 Å². The van der Waals surface area contributed by atoms with E-state index in [1.54, 1.807) is 10.8 Å². The molecule has 0 saturated heterocycles. The maximum absolute atomic E-state index is 10.3. The molecule has 0 atom stereocenters. The Morgan fingerprint density at radius 2 is 1.82 bits per heavy atom. The summed E-state index contributed by atoms with van der Waals surface area (Å²) in [5.74, 6) is 0. The molecule has 0 radical (unpaired) electrons. The zero-order valence-corrected chi connectivity index (χ0v) is 10.1. The van der Waals surface area contributed by atoms with Gasteiger partial charge in [0.15, 0.2) is 0 Å². The van der Waals surface area contributed by atoms with Crippen molar-refractivity contribution < 1.29 is 4.79 Å². The van der Waals surface area contributed by atoms with Crippen LogP contribution in [-0.2, 0) is 4.79 Å². The Bertz CT molecular complexity index is 590. The van der Waals surface area contributed by atoms with Crippen LogP contribution in [0.1, 0.15) is 17.0 Å². The second kappa shape index (κ2) is 4.36. The van der Waals surface area contributed by atoms with Crippen LogP contribution < -0.4 is 0 Å². The van der Waals surface area contributed by atoms with E-state index in [0.29, 0.717) is 5.69 Å². The molecule has 0 fully saturated rings. The molecule has 0 aliphatic heterocycles. The van der Waals surface area contributed by atoms with Gasteiger partial charge in [-0.3, -0.25) is 0 Å². The molecule has 1 heterocycles. The molecule has 0 spiro atoms. The maximum atomic E-state index is 10.3. The Kier molecular flexibility index (Phi) is 2.90. The number of isocyanates is 1. The predicted octanol–water partition coefficient (Wildman–Crippen LogP) is 2.76. The van der Waals surface area contributed by atoms with Gasteiger partial charge in [0, 0.05) is 0 Å². The molecule has 0 saturated carbocycles. The van der Waals surface area contributed by atoms with Crippen LogP contribution in [0.2, 0.25) is 0 Å². The molecule has 86 valence electrons. The molecule has 4 nitrogen and oxygen atoms in total. The molecule has 0 amide bonds. The van der Waals surface area contributed by atoms with E-state index in [-0.39, 0.29) is 0 Å². The van der Waals surface area contributed by atoms with Crippen molar-refractivity contribution in [2.24, 2.45) is 4.99 Å². The highest BCUT2D eigenvalue weighted by molar-refractivity contribution is 5.56. The van der Waals surface area contributed by atoms with E-state index < -0.39 is 0 Å². The smallest absolute Gasteiger partial charge is 0.236 e. The summed E-state index contributed by atoms with van der Waals surface area (Å²) >= 11 is 0. The zero-order valence-electron chi connectivity index (χ0n) is 10.1. The van der Waals surface area contributed by atoms with Gasteiger partial charge in [0.05, 0.1) is 17.1 Å². The zero-order chi connectivity index (χ0) is 12.4. The summed E-state index contributed by atoms with van der Waals surface area (Å²) in [5.41, 5.74) is 4.33. The van der Waals surface area contributed by atoms with E-state index in [2.05, 4.69) is 10.1 Å². The van der Waals surface area contributed by atoms with Crippen LogP contribution in [0.15, 0.2) is 29.3 Å². The molecule has 0 unspecified atom stereocenters. The lowest BCUT2D eigenvalue weighted by molar-refractivity contribution is 0.565. The summed E-state index contributed by atoms with van der Waals surface area (Å²) in [6.45, 7) is 5.75. The number of aromatic nitrogens is 2. The summed E-state index contributed by atoms with van der Waals surface area (Å²) in [4.78, 5) is 14.0. The molecular weight excluding hydrogens is 214 g/mol. The highest BCUT2D eigenvalue weighted by Gasteiger charge is 2.11. The van der Waals surface area contributed by atoms with E-state index >= 15 is 0 Å². The van der Waals surface area contributed by atoms with Gasteiger partial charge in [-0.25, -0.2) is 9.48 Å². The fraction of sp³-hybridized carbons (Fsp3) is 0.231. The van der Waals surface area contributed by atoms with Crippen molar-refractivity contribution in [2.45, 2.75) is 20.8 Å². The molecule has 17 heavy (non-hydrogen) atoms. The number of hydrogen-bond acceptors (Lipinski definition) is 3. The number of aryl methyl sites for hydroxylation is 2. The first-order valence-corrected chi connectivity index (χ1v) is 5.34. The van der Waals surface area contributed by atoms with Crippen LogP contribution >= 0.6 is 0 Å². The van der Waals surface area contributed by atoms with Gasteiger partial charge in [-0.05, 0) is 32.9 Å². The molecule has 2 rings (SSSR count). The van der Waals surface area contributed by atoms with E-state index in [4.69, 9.17) is 0 Å². The Balaban J connectivity index is 2.57. The topological polar surface area (TPSA) is 47.2 Å². The Hall–Kier alpha value is -2.19. The molecule has 1 aromatic heterocycles. The van der Waals surface area contributed by atoms with Gasteiger partial charge in [0.25, 0.3) is 0 Å². The number of nitrogens with zero attached hydrogens (tertiary/aromatic N) is 3. The first kappa shape index (κ1) is 11.3. The van der Waals surface area contributed by atoms with E-state index in [9.17, 15) is 4.79 Å². The number of rotatable bonds is 2. The maximum Gasteiger partial charge on any atom is 0.240 e. The minimum absolute atomic E-state index is 0.598. The highest BCUT2D eigenvalue weighted by atomic mass is 16.1. The Labute approximate surface area is 99.6 Å². The fourth-order valence-corrected chi connectivity index (χ4v) is 1.78. The van der Waals surface area contributed by atoms with Gasteiger partial charge in [-0.2, -0.15) is 10.1 Å². The molecule has 2 aromatic rings. The molecule has 4 heteroatoms. The van der Waals surface area contributed by atoms with Gasteiger partial charge in [0.2, 0.25) is 6.08 Å². The number of benzene rings is 1. The highest BCUT2D eigenvalue weighted by Crippen LogP contribution is 2.24. The van der Waals surface area contributed by atoms with Crippen molar-refractivity contribution in [2.75, 3.05) is 0 Å². The van der Waals surface area contributed by atoms with E-state index in [1.807, 2.05) is 45.0 Å². The van der Waals surface area contributed by atoms with Crippen molar-refractivity contribution in [3.63, 3.8) is 0 Å².